The predicted molar refractivity (Wildman–Crippen MR) is 119 cm³/mol. The molecule has 0 amide bonds. The van der Waals surface area contributed by atoms with E-state index in [1.807, 2.05) is 32.9 Å². The Labute approximate surface area is 172 Å². The number of hydrogen-bond acceptors (Lipinski definition) is 2. The van der Waals surface area contributed by atoms with Crippen molar-refractivity contribution in [1.82, 2.24) is 0 Å². The minimum absolute atomic E-state index is 0.0958. The zero-order valence-corrected chi connectivity index (χ0v) is 19.5. The summed E-state index contributed by atoms with van der Waals surface area (Å²) in [5.41, 5.74) is 3.20. The summed E-state index contributed by atoms with van der Waals surface area (Å²) in [7, 11) is 0. The van der Waals surface area contributed by atoms with E-state index in [0.29, 0.717) is 22.8 Å². The normalized spacial score (nSPS) is 25.8. The van der Waals surface area contributed by atoms with Crippen molar-refractivity contribution < 1.29 is 9.53 Å². The van der Waals surface area contributed by atoms with Crippen molar-refractivity contribution in [2.75, 3.05) is 0 Å². The largest absolute Gasteiger partial charge is 0.456 e. The van der Waals surface area contributed by atoms with E-state index in [2.05, 4.69) is 59.8 Å². The van der Waals surface area contributed by atoms with Gasteiger partial charge in [-0.2, -0.15) is 0 Å². The lowest BCUT2D eigenvalue weighted by Gasteiger charge is -2.53. The highest BCUT2D eigenvalue weighted by atomic mass is 16.6. The van der Waals surface area contributed by atoms with Crippen molar-refractivity contribution in [2.24, 2.45) is 22.7 Å². The third-order valence-corrected chi connectivity index (χ3v) is 7.08. The van der Waals surface area contributed by atoms with Gasteiger partial charge in [-0.25, -0.2) is 4.79 Å². The lowest BCUT2D eigenvalue weighted by atomic mass is 9.51. The van der Waals surface area contributed by atoms with E-state index in [-0.39, 0.29) is 11.4 Å². The van der Waals surface area contributed by atoms with Crippen LogP contribution in [0.25, 0.3) is 5.57 Å². The van der Waals surface area contributed by atoms with Crippen molar-refractivity contribution in [3.05, 3.63) is 41.5 Å². The highest BCUT2D eigenvalue weighted by molar-refractivity contribution is 5.90. The van der Waals surface area contributed by atoms with E-state index < -0.39 is 5.60 Å². The molecule has 28 heavy (non-hydrogen) atoms. The van der Waals surface area contributed by atoms with E-state index in [9.17, 15) is 4.79 Å². The Balaban J connectivity index is 2.36. The van der Waals surface area contributed by atoms with E-state index in [1.54, 1.807) is 0 Å². The molecule has 2 nitrogen and oxygen atoms in total. The molecule has 0 saturated carbocycles. The van der Waals surface area contributed by atoms with Gasteiger partial charge in [0.2, 0.25) is 0 Å². The summed E-state index contributed by atoms with van der Waals surface area (Å²) in [5, 5.41) is 0. The maximum absolute atomic E-state index is 12.3. The molecule has 0 aromatic heterocycles. The molecule has 0 aliphatic heterocycles. The summed E-state index contributed by atoms with van der Waals surface area (Å²) in [5.74, 6) is 1.07. The van der Waals surface area contributed by atoms with Gasteiger partial charge in [-0.3, -0.25) is 0 Å². The Morgan fingerprint density at radius 3 is 2.18 bits per heavy atom. The standard InChI is InChI=1S/C26H40O2/c1-10-18(3)26(9)17-16-21(25(7,8)22(26)11-2)19-12-14-20(15-13-19)23(27)28-24(4,5)6/h12-16,18,22H,10-11,17H2,1-9H3/t18-,22+,26-/m1/s1. The average molecular weight is 385 g/mol. The van der Waals surface area contributed by atoms with Crippen LogP contribution < -0.4 is 0 Å². The fraction of sp³-hybridized carbons (Fsp3) is 0.654. The van der Waals surface area contributed by atoms with E-state index >= 15 is 0 Å². The number of rotatable bonds is 5. The smallest absolute Gasteiger partial charge is 0.338 e. The molecule has 2 rings (SSSR count). The lowest BCUT2D eigenvalue weighted by Crippen LogP contribution is -2.44. The van der Waals surface area contributed by atoms with Gasteiger partial charge in [-0.1, -0.05) is 72.6 Å². The highest BCUT2D eigenvalue weighted by Crippen LogP contribution is 2.58. The van der Waals surface area contributed by atoms with E-state index in [0.717, 1.165) is 6.42 Å². The van der Waals surface area contributed by atoms with Crippen LogP contribution in [0.3, 0.4) is 0 Å². The lowest BCUT2D eigenvalue weighted by molar-refractivity contribution is 0.00695. The Bertz CT molecular complexity index is 718. The van der Waals surface area contributed by atoms with Crippen molar-refractivity contribution >= 4 is 11.5 Å². The number of carbonyl (C=O) groups is 1. The highest BCUT2D eigenvalue weighted by Gasteiger charge is 2.48. The molecule has 3 atom stereocenters. The Morgan fingerprint density at radius 1 is 1.14 bits per heavy atom. The molecule has 0 N–H and O–H groups in total. The summed E-state index contributed by atoms with van der Waals surface area (Å²) in [6.07, 6.45) is 5.98. The summed E-state index contributed by atoms with van der Waals surface area (Å²) in [6, 6.07) is 7.99. The molecular weight excluding hydrogens is 344 g/mol. The van der Waals surface area contributed by atoms with E-state index in [1.165, 1.54) is 24.0 Å². The maximum atomic E-state index is 12.3. The van der Waals surface area contributed by atoms with Gasteiger partial charge in [0.05, 0.1) is 5.56 Å². The third kappa shape index (κ3) is 4.36. The number of benzene rings is 1. The second-order valence-corrected chi connectivity index (χ2v) is 10.4. The zero-order chi connectivity index (χ0) is 21.3. The Kier molecular flexibility index (Phi) is 6.53. The van der Waals surface area contributed by atoms with Crippen molar-refractivity contribution in [3.8, 4) is 0 Å². The van der Waals surface area contributed by atoms with Crippen LogP contribution in [0.5, 0.6) is 0 Å². The molecule has 1 aliphatic rings. The van der Waals surface area contributed by atoms with Gasteiger partial charge in [-0.05, 0) is 73.1 Å². The van der Waals surface area contributed by atoms with E-state index in [4.69, 9.17) is 4.74 Å². The molecule has 0 spiro atoms. The molecule has 2 heteroatoms. The van der Waals surface area contributed by atoms with Gasteiger partial charge in [0.15, 0.2) is 0 Å². The predicted octanol–water partition coefficient (Wildman–Crippen LogP) is 7.53. The van der Waals surface area contributed by atoms with Gasteiger partial charge in [0, 0.05) is 0 Å². The minimum atomic E-state index is -0.474. The minimum Gasteiger partial charge on any atom is -0.456 e. The molecule has 0 radical (unpaired) electrons. The fourth-order valence-electron chi connectivity index (χ4n) is 5.34. The van der Waals surface area contributed by atoms with Crippen LogP contribution in [-0.2, 0) is 4.74 Å². The van der Waals surface area contributed by atoms with Crippen LogP contribution in [0.4, 0.5) is 0 Å². The topological polar surface area (TPSA) is 26.3 Å². The van der Waals surface area contributed by atoms with Crippen LogP contribution in [0.2, 0.25) is 0 Å². The molecule has 1 aliphatic carbocycles. The van der Waals surface area contributed by atoms with Gasteiger partial charge < -0.3 is 4.74 Å². The number of carbonyl (C=O) groups excluding carboxylic acids is 1. The molecule has 0 bridgehead atoms. The second-order valence-electron chi connectivity index (χ2n) is 10.4. The monoisotopic (exact) mass is 384 g/mol. The van der Waals surface area contributed by atoms with Crippen molar-refractivity contribution in [3.63, 3.8) is 0 Å². The van der Waals surface area contributed by atoms with Crippen molar-refractivity contribution in [1.29, 1.82) is 0 Å². The molecule has 1 aromatic rings. The third-order valence-electron chi connectivity index (χ3n) is 7.08. The van der Waals surface area contributed by atoms with Crippen LogP contribution in [0, 0.1) is 22.7 Å². The molecular formula is C26H40O2. The molecule has 0 fully saturated rings. The molecule has 1 aromatic carbocycles. The first-order chi connectivity index (χ1) is 12.9. The van der Waals surface area contributed by atoms with Crippen LogP contribution in [0.1, 0.15) is 97.5 Å². The maximum Gasteiger partial charge on any atom is 0.338 e. The molecule has 0 saturated heterocycles. The van der Waals surface area contributed by atoms with Gasteiger partial charge in [0.1, 0.15) is 5.60 Å². The molecule has 156 valence electrons. The molecule has 0 heterocycles. The zero-order valence-electron chi connectivity index (χ0n) is 19.5. The SMILES string of the molecule is CC[C@@H](C)[C@@]1(C)CC=C(c2ccc(C(=O)OC(C)(C)C)cc2)C(C)(C)[C@@H]1CC. The first-order valence-corrected chi connectivity index (χ1v) is 10.9. The number of allylic oxidation sites excluding steroid dienone is 2. The molecule has 0 unspecified atom stereocenters. The number of hydrogen-bond donors (Lipinski definition) is 0. The van der Waals surface area contributed by atoms with Crippen LogP contribution in [0.15, 0.2) is 30.3 Å². The first kappa shape index (κ1) is 22.7. The van der Waals surface area contributed by atoms with Crippen LogP contribution >= 0.6 is 0 Å². The van der Waals surface area contributed by atoms with Crippen molar-refractivity contribution in [2.45, 2.75) is 87.2 Å². The summed E-state index contributed by atoms with van der Waals surface area (Å²) in [6.45, 7) is 20.0. The Morgan fingerprint density at radius 2 is 1.71 bits per heavy atom. The summed E-state index contributed by atoms with van der Waals surface area (Å²) >= 11 is 0. The summed E-state index contributed by atoms with van der Waals surface area (Å²) in [4.78, 5) is 12.3. The van der Waals surface area contributed by atoms with Crippen LogP contribution in [-0.4, -0.2) is 11.6 Å². The van der Waals surface area contributed by atoms with Gasteiger partial charge >= 0.3 is 5.97 Å². The number of esters is 1. The van der Waals surface area contributed by atoms with Gasteiger partial charge in [0.25, 0.3) is 0 Å². The van der Waals surface area contributed by atoms with Gasteiger partial charge in [-0.15, -0.1) is 0 Å². The Hall–Kier alpha value is -1.57. The average Bonchev–Trinajstić information content (AvgIpc) is 2.59. The fourth-order valence-corrected chi connectivity index (χ4v) is 5.34. The summed E-state index contributed by atoms with van der Waals surface area (Å²) < 4.78 is 5.50. The number of ether oxygens (including phenoxy) is 1. The quantitative estimate of drug-likeness (QED) is 0.490. The first-order valence-electron chi connectivity index (χ1n) is 10.9. The second kappa shape index (κ2) is 8.05.